The van der Waals surface area contributed by atoms with Crippen molar-refractivity contribution in [1.29, 1.82) is 0 Å². The van der Waals surface area contributed by atoms with E-state index in [0.717, 1.165) is 32.5 Å². The first-order valence-corrected chi connectivity index (χ1v) is 12.5. The van der Waals surface area contributed by atoms with Crippen molar-refractivity contribution in [2.75, 3.05) is 11.1 Å². The van der Waals surface area contributed by atoms with E-state index in [1.165, 1.54) is 17.8 Å². The number of anilines is 1. The van der Waals surface area contributed by atoms with E-state index < -0.39 is 22.3 Å². The second-order valence-corrected chi connectivity index (χ2v) is 9.83. The average molecular weight is 505 g/mol. The minimum absolute atomic E-state index is 0.0301. The number of rotatable bonds is 9. The summed E-state index contributed by atoms with van der Waals surface area (Å²) in [6.45, 7) is 2.58. The molecule has 0 radical (unpaired) electrons. The predicted octanol–water partition coefficient (Wildman–Crippen LogP) is 4.98. The molecule has 2 heterocycles. The van der Waals surface area contributed by atoms with Gasteiger partial charge in [-0.1, -0.05) is 35.7 Å². The van der Waals surface area contributed by atoms with E-state index in [4.69, 9.17) is 0 Å². The lowest BCUT2D eigenvalue weighted by Crippen LogP contribution is -2.16. The fraction of sp³-hybridized carbons (Fsp3) is 0.200. The first-order chi connectivity index (χ1) is 15.9. The summed E-state index contributed by atoms with van der Waals surface area (Å²) in [5.74, 6) is 0.0957. The Morgan fingerprint density at radius 1 is 1.24 bits per heavy atom. The molecule has 1 N–H and O–H groups in total. The summed E-state index contributed by atoms with van der Waals surface area (Å²) in [5, 5.41) is 22.6. The van der Waals surface area contributed by atoms with Crippen molar-refractivity contribution >= 4 is 62.4 Å². The van der Waals surface area contributed by atoms with E-state index in [1.807, 2.05) is 35.8 Å². The van der Waals surface area contributed by atoms with Crippen molar-refractivity contribution in [2.45, 2.75) is 28.7 Å². The van der Waals surface area contributed by atoms with Crippen LogP contribution in [0.15, 0.2) is 52.0 Å². The maximum Gasteiger partial charge on any atom is 0.295 e. The molecule has 0 atom stereocenters. The normalized spacial score (nSPS) is 11.1. The molecule has 0 fully saturated rings. The van der Waals surface area contributed by atoms with Gasteiger partial charge in [0.2, 0.25) is 5.91 Å². The van der Waals surface area contributed by atoms with Gasteiger partial charge in [0.05, 0.1) is 32.7 Å². The summed E-state index contributed by atoms with van der Waals surface area (Å²) < 4.78 is 17.3. The van der Waals surface area contributed by atoms with Crippen molar-refractivity contribution in [3.05, 3.63) is 64.2 Å². The standard InChI is InChI=1S/C20H17FN6O3S3/c1-2-26-17(10-32-20-23-14-5-3-4-6-16(14)33-20)24-25-19(26)31-11-18(28)22-13-8-7-12(21)9-15(13)27(29)30/h3-9H,2,10-11H2,1H3,(H,22,28). The van der Waals surface area contributed by atoms with Gasteiger partial charge in [-0.15, -0.1) is 21.5 Å². The largest absolute Gasteiger partial charge is 0.320 e. The molecule has 4 rings (SSSR count). The number of nitrogens with one attached hydrogen (secondary N) is 1. The van der Waals surface area contributed by atoms with E-state index in [9.17, 15) is 19.3 Å². The predicted molar refractivity (Wildman–Crippen MR) is 127 cm³/mol. The van der Waals surface area contributed by atoms with Crippen molar-refractivity contribution in [1.82, 2.24) is 19.7 Å². The van der Waals surface area contributed by atoms with E-state index >= 15 is 0 Å². The van der Waals surface area contributed by atoms with Gasteiger partial charge in [-0.05, 0) is 31.2 Å². The van der Waals surface area contributed by atoms with Gasteiger partial charge in [0.1, 0.15) is 17.3 Å². The lowest BCUT2D eigenvalue weighted by molar-refractivity contribution is -0.384. The van der Waals surface area contributed by atoms with Crippen LogP contribution in [0, 0.1) is 15.9 Å². The Balaban J connectivity index is 1.38. The molecule has 9 nitrogen and oxygen atoms in total. The highest BCUT2D eigenvalue weighted by Crippen LogP contribution is 2.32. The molecule has 170 valence electrons. The topological polar surface area (TPSA) is 116 Å². The molecular weight excluding hydrogens is 487 g/mol. The number of para-hydroxylation sites is 1. The summed E-state index contributed by atoms with van der Waals surface area (Å²) in [5.41, 5.74) is 0.404. The van der Waals surface area contributed by atoms with E-state index in [1.54, 1.807) is 23.1 Å². The SMILES string of the molecule is CCn1c(CSc2nc3ccccc3s2)nnc1SCC(=O)Nc1ccc(F)cc1[N+](=O)[O-]. The smallest absolute Gasteiger partial charge is 0.295 e. The summed E-state index contributed by atoms with van der Waals surface area (Å²) in [6.07, 6.45) is 0. The van der Waals surface area contributed by atoms with E-state index in [-0.39, 0.29) is 11.4 Å². The van der Waals surface area contributed by atoms with Crippen LogP contribution in [0.3, 0.4) is 0 Å². The molecule has 0 bridgehead atoms. The Hall–Kier alpha value is -3.03. The fourth-order valence-corrected chi connectivity index (χ4v) is 5.80. The first-order valence-electron chi connectivity index (χ1n) is 9.71. The van der Waals surface area contributed by atoms with Crippen LogP contribution < -0.4 is 5.32 Å². The summed E-state index contributed by atoms with van der Waals surface area (Å²) in [6, 6.07) is 10.9. The summed E-state index contributed by atoms with van der Waals surface area (Å²) in [7, 11) is 0. The van der Waals surface area contributed by atoms with Crippen LogP contribution in [0.2, 0.25) is 0 Å². The lowest BCUT2D eigenvalue weighted by atomic mass is 10.2. The number of thiazole rings is 1. The Bertz CT molecular complexity index is 1290. The minimum atomic E-state index is -0.749. The van der Waals surface area contributed by atoms with Crippen LogP contribution in [-0.2, 0) is 17.1 Å². The number of hydrogen-bond acceptors (Lipinski definition) is 9. The maximum absolute atomic E-state index is 13.3. The second-order valence-electron chi connectivity index (χ2n) is 6.63. The number of nitro benzene ring substituents is 1. The molecule has 4 aromatic rings. The molecule has 13 heteroatoms. The average Bonchev–Trinajstić information content (AvgIpc) is 3.40. The number of carbonyl (C=O) groups is 1. The van der Waals surface area contributed by atoms with E-state index in [2.05, 4.69) is 20.5 Å². The van der Waals surface area contributed by atoms with Gasteiger partial charge in [-0.2, -0.15) is 0 Å². The Morgan fingerprint density at radius 2 is 2.06 bits per heavy atom. The van der Waals surface area contributed by atoms with Crippen LogP contribution in [0.4, 0.5) is 15.8 Å². The number of thioether (sulfide) groups is 2. The lowest BCUT2D eigenvalue weighted by Gasteiger charge is -2.08. The number of benzene rings is 2. The monoisotopic (exact) mass is 504 g/mol. The van der Waals surface area contributed by atoms with Crippen LogP contribution >= 0.6 is 34.9 Å². The molecule has 0 aliphatic rings. The number of amides is 1. The fourth-order valence-electron chi connectivity index (χ4n) is 2.97. The van der Waals surface area contributed by atoms with Crippen LogP contribution in [-0.4, -0.2) is 36.3 Å². The third-order valence-electron chi connectivity index (χ3n) is 4.47. The molecule has 0 saturated heterocycles. The van der Waals surface area contributed by atoms with Gasteiger partial charge in [-0.25, -0.2) is 9.37 Å². The van der Waals surface area contributed by atoms with Crippen molar-refractivity contribution < 1.29 is 14.1 Å². The Labute approximate surface area is 200 Å². The van der Waals surface area contributed by atoms with Gasteiger partial charge in [0.25, 0.3) is 5.69 Å². The maximum atomic E-state index is 13.3. The van der Waals surface area contributed by atoms with Crippen molar-refractivity contribution in [3.63, 3.8) is 0 Å². The zero-order valence-electron chi connectivity index (χ0n) is 17.2. The summed E-state index contributed by atoms with van der Waals surface area (Å²) >= 11 is 4.37. The molecule has 0 aliphatic heterocycles. The Kier molecular flexibility index (Phi) is 7.20. The molecule has 1 amide bonds. The second kappa shape index (κ2) is 10.3. The number of nitrogens with zero attached hydrogens (tertiary/aromatic N) is 5. The number of nitro groups is 1. The highest BCUT2D eigenvalue weighted by Gasteiger charge is 2.19. The van der Waals surface area contributed by atoms with Gasteiger partial charge in [0, 0.05) is 6.54 Å². The number of fused-ring (bicyclic) bond motifs is 1. The third-order valence-corrected chi connectivity index (χ3v) is 7.61. The van der Waals surface area contributed by atoms with Gasteiger partial charge in [0.15, 0.2) is 9.50 Å². The van der Waals surface area contributed by atoms with Gasteiger partial charge < -0.3 is 9.88 Å². The zero-order valence-corrected chi connectivity index (χ0v) is 19.7. The first kappa shape index (κ1) is 23.1. The van der Waals surface area contributed by atoms with Crippen LogP contribution in [0.5, 0.6) is 0 Å². The molecule has 0 aliphatic carbocycles. The highest BCUT2D eigenvalue weighted by atomic mass is 32.2. The van der Waals surface area contributed by atoms with Crippen LogP contribution in [0.25, 0.3) is 10.2 Å². The number of aromatic nitrogens is 4. The van der Waals surface area contributed by atoms with Crippen LogP contribution in [0.1, 0.15) is 12.7 Å². The van der Waals surface area contributed by atoms with E-state index in [0.29, 0.717) is 17.5 Å². The van der Waals surface area contributed by atoms with Crippen molar-refractivity contribution in [3.8, 4) is 0 Å². The molecule has 2 aromatic heterocycles. The van der Waals surface area contributed by atoms with Gasteiger partial charge in [-0.3, -0.25) is 14.9 Å². The zero-order chi connectivity index (χ0) is 23.4. The summed E-state index contributed by atoms with van der Waals surface area (Å²) in [4.78, 5) is 27.3. The third kappa shape index (κ3) is 5.49. The molecule has 2 aromatic carbocycles. The van der Waals surface area contributed by atoms with Gasteiger partial charge >= 0.3 is 0 Å². The molecule has 0 spiro atoms. The number of hydrogen-bond donors (Lipinski definition) is 1. The quantitative estimate of drug-likeness (QED) is 0.193. The molecule has 0 unspecified atom stereocenters. The molecule has 0 saturated carbocycles. The number of halogens is 1. The molecular formula is C20H17FN6O3S3. The molecule has 33 heavy (non-hydrogen) atoms. The highest BCUT2D eigenvalue weighted by molar-refractivity contribution is 8.00. The number of carbonyl (C=O) groups excluding carboxylic acids is 1. The minimum Gasteiger partial charge on any atom is -0.320 e. The Morgan fingerprint density at radius 3 is 2.82 bits per heavy atom. The van der Waals surface area contributed by atoms with Crippen molar-refractivity contribution in [2.24, 2.45) is 0 Å².